The van der Waals surface area contributed by atoms with Gasteiger partial charge in [-0.25, -0.2) is 0 Å². The molecule has 3 saturated carbocycles. The summed E-state index contributed by atoms with van der Waals surface area (Å²) >= 11 is 0. The molecule has 22 heavy (non-hydrogen) atoms. The number of carbonyl (C=O) groups is 1. The van der Waals surface area contributed by atoms with Crippen LogP contribution in [0.15, 0.2) is 11.6 Å². The van der Waals surface area contributed by atoms with E-state index in [1.165, 1.54) is 5.57 Å². The zero-order chi connectivity index (χ0) is 15.7. The van der Waals surface area contributed by atoms with E-state index in [0.29, 0.717) is 24.2 Å². The molecule has 4 aliphatic rings. The highest BCUT2D eigenvalue weighted by molar-refractivity contribution is 5.92. The molecule has 0 radical (unpaired) electrons. The van der Waals surface area contributed by atoms with Gasteiger partial charge in [-0.1, -0.05) is 12.5 Å². The number of fused-ring (bicyclic) bond motifs is 5. The van der Waals surface area contributed by atoms with Crippen LogP contribution >= 0.6 is 0 Å². The molecule has 122 valence electrons. The third-order valence-corrected chi connectivity index (χ3v) is 7.88. The van der Waals surface area contributed by atoms with Gasteiger partial charge in [-0.3, -0.25) is 4.79 Å². The average Bonchev–Trinajstić information content (AvgIpc) is 2.68. The summed E-state index contributed by atoms with van der Waals surface area (Å²) in [4.78, 5) is 11.7. The van der Waals surface area contributed by atoms with Gasteiger partial charge in [-0.05, 0) is 74.7 Å². The Hall–Kier alpha value is -0.670. The van der Waals surface area contributed by atoms with Crippen molar-refractivity contribution in [3.05, 3.63) is 11.6 Å². The highest BCUT2D eigenvalue weighted by Crippen LogP contribution is 2.64. The molecule has 0 spiro atoms. The second-order valence-electron chi connectivity index (χ2n) is 8.72. The first-order valence-electron chi connectivity index (χ1n) is 8.97. The molecule has 0 heterocycles. The van der Waals surface area contributed by atoms with Crippen LogP contribution in [0, 0.1) is 29.1 Å². The quantitative estimate of drug-likeness (QED) is 0.723. The predicted octanol–water partition coefficient (Wildman–Crippen LogP) is 2.85. The van der Waals surface area contributed by atoms with E-state index in [1.54, 1.807) is 0 Å². The lowest BCUT2D eigenvalue weighted by molar-refractivity contribution is -0.125. The molecule has 2 N–H and O–H groups in total. The molecular formula is C19H28O3. The summed E-state index contributed by atoms with van der Waals surface area (Å²) in [7, 11) is 0. The predicted molar refractivity (Wildman–Crippen MR) is 84.1 cm³/mol. The zero-order valence-electron chi connectivity index (χ0n) is 13.7. The number of aliphatic hydroxyl groups excluding tert-OH is 1. The minimum absolute atomic E-state index is 0.0326. The minimum atomic E-state index is -0.542. The van der Waals surface area contributed by atoms with E-state index in [-0.39, 0.29) is 17.1 Å². The monoisotopic (exact) mass is 304 g/mol. The Morgan fingerprint density at radius 2 is 1.91 bits per heavy atom. The maximum Gasteiger partial charge on any atom is 0.158 e. The summed E-state index contributed by atoms with van der Waals surface area (Å²) < 4.78 is 0. The summed E-state index contributed by atoms with van der Waals surface area (Å²) in [6, 6.07) is 0. The summed E-state index contributed by atoms with van der Waals surface area (Å²) in [6.45, 7) is 4.31. The molecule has 3 nitrogen and oxygen atoms in total. The van der Waals surface area contributed by atoms with Crippen LogP contribution < -0.4 is 0 Å². The van der Waals surface area contributed by atoms with Crippen LogP contribution in [0.4, 0.5) is 0 Å². The van der Waals surface area contributed by atoms with E-state index >= 15 is 0 Å². The molecule has 0 bridgehead atoms. The SMILES string of the molecule is C[C@]1(O)CC[C@H]2[C@@H]3CCC4=CC(=O)C[C@H](O)[C@@H]4[C@H]3CC[C@@]21C. The molecule has 4 aliphatic carbocycles. The third-order valence-electron chi connectivity index (χ3n) is 7.88. The number of hydrogen-bond donors (Lipinski definition) is 2. The first kappa shape index (κ1) is 14.9. The summed E-state index contributed by atoms with van der Waals surface area (Å²) in [5.41, 5.74) is 0.698. The van der Waals surface area contributed by atoms with Crippen LogP contribution in [0.2, 0.25) is 0 Å². The van der Waals surface area contributed by atoms with E-state index in [9.17, 15) is 15.0 Å². The molecule has 4 rings (SSSR count). The second kappa shape index (κ2) is 4.67. The van der Waals surface area contributed by atoms with Crippen LogP contribution in [0.3, 0.4) is 0 Å². The van der Waals surface area contributed by atoms with Crippen LogP contribution in [0.5, 0.6) is 0 Å². The number of hydrogen-bond acceptors (Lipinski definition) is 3. The smallest absolute Gasteiger partial charge is 0.158 e. The summed E-state index contributed by atoms with van der Waals surface area (Å²) in [5, 5.41) is 21.4. The molecule has 0 aromatic carbocycles. The summed E-state index contributed by atoms with van der Waals surface area (Å²) in [6.07, 6.45) is 7.90. The van der Waals surface area contributed by atoms with Crippen molar-refractivity contribution in [2.45, 2.75) is 70.5 Å². The van der Waals surface area contributed by atoms with Gasteiger partial charge >= 0.3 is 0 Å². The molecule has 7 atom stereocenters. The van der Waals surface area contributed by atoms with Crippen molar-refractivity contribution in [1.29, 1.82) is 0 Å². The standard InChI is InChI=1S/C19H28O3/c1-18-7-5-14-13(15(18)6-8-19(18,2)22)4-3-11-9-12(20)10-16(21)17(11)14/h9,13-17,21-22H,3-8,10H2,1-2H3/t13-,14+,15+,16+,17+,18+,19+/m1/s1. The molecule has 3 heteroatoms. The maximum absolute atomic E-state index is 11.7. The largest absolute Gasteiger partial charge is 0.392 e. The van der Waals surface area contributed by atoms with Gasteiger partial charge in [0.05, 0.1) is 11.7 Å². The summed E-state index contributed by atoms with van der Waals surface area (Å²) in [5.74, 6) is 1.99. The lowest BCUT2D eigenvalue weighted by atomic mass is 9.50. The van der Waals surface area contributed by atoms with Crippen LogP contribution in [0.1, 0.15) is 58.8 Å². The Kier molecular flexibility index (Phi) is 3.16. The average molecular weight is 304 g/mol. The molecule has 0 unspecified atom stereocenters. The molecule has 0 aliphatic heterocycles. The van der Waals surface area contributed by atoms with E-state index in [2.05, 4.69) is 6.92 Å². The highest BCUT2D eigenvalue weighted by Gasteiger charge is 2.61. The molecule has 3 fully saturated rings. The van der Waals surface area contributed by atoms with E-state index < -0.39 is 11.7 Å². The van der Waals surface area contributed by atoms with Gasteiger partial charge in [-0.2, -0.15) is 0 Å². The fraction of sp³-hybridized carbons (Fsp3) is 0.842. The first-order chi connectivity index (χ1) is 10.3. The lowest BCUT2D eigenvalue weighted by Gasteiger charge is -2.55. The van der Waals surface area contributed by atoms with Gasteiger partial charge in [0.2, 0.25) is 0 Å². The number of aliphatic hydroxyl groups is 2. The number of rotatable bonds is 0. The Labute approximate surface area is 132 Å². The van der Waals surface area contributed by atoms with Gasteiger partial charge < -0.3 is 10.2 Å². The second-order valence-corrected chi connectivity index (χ2v) is 8.72. The van der Waals surface area contributed by atoms with Crippen LogP contribution in [-0.2, 0) is 4.79 Å². The Balaban J connectivity index is 1.67. The van der Waals surface area contributed by atoms with Crippen molar-refractivity contribution >= 4 is 5.78 Å². The van der Waals surface area contributed by atoms with E-state index in [4.69, 9.17) is 0 Å². The normalized spacial score (nSPS) is 54.3. The van der Waals surface area contributed by atoms with Gasteiger partial charge in [0, 0.05) is 12.3 Å². The fourth-order valence-electron chi connectivity index (χ4n) is 6.50. The van der Waals surface area contributed by atoms with Crippen molar-refractivity contribution in [3.8, 4) is 0 Å². The van der Waals surface area contributed by atoms with Gasteiger partial charge in [-0.15, -0.1) is 0 Å². The van der Waals surface area contributed by atoms with Crippen LogP contribution in [-0.4, -0.2) is 27.7 Å². The maximum atomic E-state index is 11.7. The van der Waals surface area contributed by atoms with Crippen molar-refractivity contribution in [1.82, 2.24) is 0 Å². The van der Waals surface area contributed by atoms with E-state index in [1.807, 2.05) is 13.0 Å². The number of ketones is 1. The third kappa shape index (κ3) is 1.85. The molecule has 0 aromatic heterocycles. The van der Waals surface area contributed by atoms with Gasteiger partial charge in [0.25, 0.3) is 0 Å². The Bertz CT molecular complexity index is 535. The highest BCUT2D eigenvalue weighted by atomic mass is 16.3. The molecule has 0 saturated heterocycles. The van der Waals surface area contributed by atoms with Crippen molar-refractivity contribution in [2.24, 2.45) is 29.1 Å². The zero-order valence-corrected chi connectivity index (χ0v) is 13.7. The Morgan fingerprint density at radius 1 is 1.14 bits per heavy atom. The topological polar surface area (TPSA) is 57.5 Å². The molecule has 0 aromatic rings. The van der Waals surface area contributed by atoms with Gasteiger partial charge in [0.1, 0.15) is 0 Å². The first-order valence-corrected chi connectivity index (χ1v) is 8.97. The van der Waals surface area contributed by atoms with Crippen LogP contribution in [0.25, 0.3) is 0 Å². The van der Waals surface area contributed by atoms with Crippen molar-refractivity contribution < 1.29 is 15.0 Å². The lowest BCUT2D eigenvalue weighted by Crippen LogP contribution is -2.53. The Morgan fingerprint density at radius 3 is 2.68 bits per heavy atom. The molecular weight excluding hydrogens is 276 g/mol. The number of carbonyl (C=O) groups excluding carboxylic acids is 1. The van der Waals surface area contributed by atoms with Gasteiger partial charge in [0.15, 0.2) is 5.78 Å². The fourth-order valence-corrected chi connectivity index (χ4v) is 6.50. The van der Waals surface area contributed by atoms with Crippen molar-refractivity contribution in [3.63, 3.8) is 0 Å². The minimum Gasteiger partial charge on any atom is -0.392 e. The van der Waals surface area contributed by atoms with E-state index in [0.717, 1.165) is 38.5 Å². The van der Waals surface area contributed by atoms with Crippen molar-refractivity contribution in [2.75, 3.05) is 0 Å². The molecule has 0 amide bonds.